The Kier molecular flexibility index (Phi) is 3.55. The Balaban J connectivity index is 2.23. The molecule has 0 radical (unpaired) electrons. The van der Waals surface area contributed by atoms with Gasteiger partial charge in [0.15, 0.2) is 0 Å². The maximum atomic E-state index is 6.28. The van der Waals surface area contributed by atoms with Crippen LogP contribution in [0, 0.1) is 0 Å². The molecule has 0 saturated carbocycles. The van der Waals surface area contributed by atoms with E-state index in [1.54, 1.807) is 4.42 Å². The lowest BCUT2D eigenvalue weighted by atomic mass is 10.2. The van der Waals surface area contributed by atoms with Crippen LogP contribution in [-0.2, 0) is 0 Å². The molecule has 2 rings (SSSR count). The van der Waals surface area contributed by atoms with Crippen LogP contribution < -0.4 is 9.32 Å². The lowest BCUT2D eigenvalue weighted by Gasteiger charge is -2.18. The Morgan fingerprint density at radius 3 is 1.71 bits per heavy atom. The maximum Gasteiger partial charge on any atom is 0.0582 e. The number of halogens is 1. The van der Waals surface area contributed by atoms with E-state index in [2.05, 4.69) is 4.90 Å². The molecule has 0 amide bonds. The Hall–Kier alpha value is -1.67. The van der Waals surface area contributed by atoms with E-state index < -0.39 is 0 Å². The van der Waals surface area contributed by atoms with Crippen LogP contribution >= 0.6 is 11.8 Å². The molecule has 0 bridgehead atoms. The third kappa shape index (κ3) is 2.71. The molecule has 2 aromatic rings. The molecule has 0 aliphatic rings. The van der Waals surface area contributed by atoms with E-state index in [-0.39, 0.29) is 0 Å². The van der Waals surface area contributed by atoms with Gasteiger partial charge in [-0.1, -0.05) is 18.2 Å². The molecule has 3 heteroatoms. The van der Waals surface area contributed by atoms with Crippen LogP contribution in [0.15, 0.2) is 54.6 Å². The summed E-state index contributed by atoms with van der Waals surface area (Å²) in [6.45, 7) is 0. The van der Waals surface area contributed by atoms with Crippen LogP contribution in [0.25, 0.3) is 0 Å². The van der Waals surface area contributed by atoms with E-state index in [0.29, 0.717) is 0 Å². The van der Waals surface area contributed by atoms with Gasteiger partial charge in [0.05, 0.1) is 11.4 Å². The topological polar surface area (TPSA) is 6.48 Å². The second-order valence-electron chi connectivity index (χ2n) is 4.03. The van der Waals surface area contributed by atoms with Crippen LogP contribution in [0.2, 0.25) is 0 Å². The van der Waals surface area contributed by atoms with E-state index in [1.807, 2.05) is 68.7 Å². The van der Waals surface area contributed by atoms with Crippen molar-refractivity contribution < 1.29 is 0 Å². The lowest BCUT2D eigenvalue weighted by Crippen LogP contribution is -2.08. The molecule has 0 saturated heterocycles. The fourth-order valence-corrected chi connectivity index (χ4v) is 1.81. The van der Waals surface area contributed by atoms with Gasteiger partial charge >= 0.3 is 0 Å². The molecular weight excluding hydrogens is 232 g/mol. The number of hydrogen-bond acceptors (Lipinski definition) is 2. The van der Waals surface area contributed by atoms with Gasteiger partial charge in [-0.05, 0) is 36.4 Å². The van der Waals surface area contributed by atoms with Gasteiger partial charge in [-0.15, -0.1) is 0 Å². The van der Waals surface area contributed by atoms with Crippen molar-refractivity contribution in [3.8, 4) is 0 Å². The third-order valence-electron chi connectivity index (χ3n) is 2.58. The maximum absolute atomic E-state index is 6.28. The van der Waals surface area contributed by atoms with E-state index >= 15 is 0 Å². The number of hydrogen-bond donors (Lipinski definition) is 0. The zero-order valence-corrected chi connectivity index (χ0v) is 10.7. The summed E-state index contributed by atoms with van der Waals surface area (Å²) in [7, 11) is 4.04. The molecule has 0 fully saturated rings. The van der Waals surface area contributed by atoms with Gasteiger partial charge in [-0.25, -0.2) is 0 Å². The molecular formula is C14H15ClN2. The number of anilines is 3. The molecule has 0 aliphatic carbocycles. The summed E-state index contributed by atoms with van der Waals surface area (Å²) >= 11 is 6.28. The molecule has 0 N–H and O–H groups in total. The first-order chi connectivity index (χ1) is 8.18. The monoisotopic (exact) mass is 246 g/mol. The van der Waals surface area contributed by atoms with E-state index in [4.69, 9.17) is 11.8 Å². The van der Waals surface area contributed by atoms with Gasteiger partial charge in [0.1, 0.15) is 0 Å². The van der Waals surface area contributed by atoms with Crippen LogP contribution in [0.3, 0.4) is 0 Å². The average Bonchev–Trinajstić information content (AvgIpc) is 2.39. The summed E-state index contributed by atoms with van der Waals surface area (Å²) in [6.07, 6.45) is 0. The van der Waals surface area contributed by atoms with Crippen molar-refractivity contribution in [3.05, 3.63) is 54.6 Å². The minimum absolute atomic E-state index is 0.962. The molecule has 0 atom stereocenters. The van der Waals surface area contributed by atoms with Crippen molar-refractivity contribution in [3.63, 3.8) is 0 Å². The first-order valence-corrected chi connectivity index (χ1v) is 5.80. The molecule has 88 valence electrons. The molecule has 0 spiro atoms. The standard InChI is InChI=1S/C14H15ClN2/c1-16(2)12-8-10-14(11-9-12)17(15)13-6-4-3-5-7-13/h3-11H,1-2H3. The average molecular weight is 247 g/mol. The van der Waals surface area contributed by atoms with Crippen LogP contribution in [0.4, 0.5) is 17.1 Å². The van der Waals surface area contributed by atoms with Gasteiger partial charge in [-0.2, -0.15) is 0 Å². The van der Waals surface area contributed by atoms with Crippen molar-refractivity contribution in [2.75, 3.05) is 23.4 Å². The predicted octanol–water partition coefficient (Wildman–Crippen LogP) is 4.04. The molecule has 17 heavy (non-hydrogen) atoms. The molecule has 0 aromatic heterocycles. The van der Waals surface area contributed by atoms with E-state index in [1.165, 1.54) is 0 Å². The molecule has 2 nitrogen and oxygen atoms in total. The van der Waals surface area contributed by atoms with Gasteiger partial charge in [0, 0.05) is 31.6 Å². The van der Waals surface area contributed by atoms with Crippen LogP contribution in [-0.4, -0.2) is 14.1 Å². The van der Waals surface area contributed by atoms with Gasteiger partial charge < -0.3 is 4.90 Å². The fraction of sp³-hybridized carbons (Fsp3) is 0.143. The highest BCUT2D eigenvalue weighted by Gasteiger charge is 2.05. The normalized spacial score (nSPS) is 10.1. The van der Waals surface area contributed by atoms with Gasteiger partial charge in [-0.3, -0.25) is 4.42 Å². The lowest BCUT2D eigenvalue weighted by molar-refractivity contribution is 1.13. The van der Waals surface area contributed by atoms with Crippen molar-refractivity contribution in [2.45, 2.75) is 0 Å². The SMILES string of the molecule is CN(C)c1ccc(N(Cl)c2ccccc2)cc1. The highest BCUT2D eigenvalue weighted by molar-refractivity contribution is 6.29. The van der Waals surface area contributed by atoms with Crippen LogP contribution in [0.5, 0.6) is 0 Å². The number of para-hydroxylation sites is 1. The zero-order valence-electron chi connectivity index (χ0n) is 9.97. The minimum atomic E-state index is 0.962. The van der Waals surface area contributed by atoms with Crippen molar-refractivity contribution in [1.29, 1.82) is 0 Å². The van der Waals surface area contributed by atoms with Crippen molar-refractivity contribution in [2.24, 2.45) is 0 Å². The highest BCUT2D eigenvalue weighted by Crippen LogP contribution is 2.28. The molecule has 0 heterocycles. The van der Waals surface area contributed by atoms with Crippen molar-refractivity contribution >= 4 is 28.8 Å². The Morgan fingerprint density at radius 1 is 0.706 bits per heavy atom. The molecule has 0 aliphatic heterocycles. The number of nitrogens with zero attached hydrogens (tertiary/aromatic N) is 2. The summed E-state index contributed by atoms with van der Waals surface area (Å²) in [5.41, 5.74) is 3.09. The zero-order chi connectivity index (χ0) is 12.3. The summed E-state index contributed by atoms with van der Waals surface area (Å²) in [6, 6.07) is 18.0. The summed E-state index contributed by atoms with van der Waals surface area (Å²) in [5.74, 6) is 0. The van der Waals surface area contributed by atoms with Crippen molar-refractivity contribution in [1.82, 2.24) is 0 Å². The Labute approximate surface area is 107 Å². The minimum Gasteiger partial charge on any atom is -0.378 e. The second kappa shape index (κ2) is 5.11. The third-order valence-corrected chi connectivity index (χ3v) is 2.97. The Bertz CT molecular complexity index is 465. The summed E-state index contributed by atoms with van der Waals surface area (Å²) in [5, 5.41) is 0. The first-order valence-electron chi connectivity index (χ1n) is 5.47. The largest absolute Gasteiger partial charge is 0.378 e. The molecule has 2 aromatic carbocycles. The summed E-state index contributed by atoms with van der Waals surface area (Å²) < 4.78 is 1.65. The summed E-state index contributed by atoms with van der Waals surface area (Å²) in [4.78, 5) is 2.06. The second-order valence-corrected chi connectivity index (χ2v) is 4.37. The number of benzene rings is 2. The van der Waals surface area contributed by atoms with Gasteiger partial charge in [0.25, 0.3) is 0 Å². The molecule has 0 unspecified atom stereocenters. The highest BCUT2D eigenvalue weighted by atomic mass is 35.5. The Morgan fingerprint density at radius 2 is 1.18 bits per heavy atom. The quantitative estimate of drug-likeness (QED) is 0.754. The van der Waals surface area contributed by atoms with Gasteiger partial charge in [0.2, 0.25) is 0 Å². The fourth-order valence-electron chi connectivity index (χ4n) is 1.59. The van der Waals surface area contributed by atoms with Crippen LogP contribution in [0.1, 0.15) is 0 Å². The van der Waals surface area contributed by atoms with E-state index in [9.17, 15) is 0 Å². The predicted molar refractivity (Wildman–Crippen MR) is 75.2 cm³/mol. The number of rotatable bonds is 3. The first kappa shape index (κ1) is 11.8. The van der Waals surface area contributed by atoms with E-state index in [0.717, 1.165) is 17.1 Å². The smallest absolute Gasteiger partial charge is 0.0582 e.